The van der Waals surface area contributed by atoms with Crippen LogP contribution in [0.2, 0.25) is 0 Å². The van der Waals surface area contributed by atoms with Crippen molar-refractivity contribution >= 4 is 16.0 Å². The molecule has 2 N–H and O–H groups in total. The molecule has 1 aliphatic rings. The van der Waals surface area contributed by atoms with Crippen molar-refractivity contribution in [1.82, 2.24) is 9.62 Å². The smallest absolute Gasteiger partial charge is 0.480 e. The summed E-state index contributed by atoms with van der Waals surface area (Å²) < 4.78 is 67.4. The lowest BCUT2D eigenvalue weighted by Crippen LogP contribution is -2.43. The third-order valence-corrected chi connectivity index (χ3v) is 5.73. The molecule has 0 aromatic heterocycles. The van der Waals surface area contributed by atoms with Crippen molar-refractivity contribution in [2.75, 3.05) is 26.2 Å². The third-order valence-electron chi connectivity index (χ3n) is 3.87. The van der Waals surface area contributed by atoms with Crippen LogP contribution in [0.15, 0.2) is 29.2 Å². The summed E-state index contributed by atoms with van der Waals surface area (Å²) in [5.74, 6) is -1.69. The molecule has 2 rings (SSSR count). The predicted molar refractivity (Wildman–Crippen MR) is 85.1 cm³/mol. The number of carboxylic acids is 1. The fourth-order valence-electron chi connectivity index (χ4n) is 2.78. The molecule has 1 atom stereocenters. The summed E-state index contributed by atoms with van der Waals surface area (Å²) in [5, 5.41) is 11.4. The Kier molecular flexibility index (Phi) is 6.48. The maximum atomic E-state index is 12.7. The highest BCUT2D eigenvalue weighted by Gasteiger charge is 2.33. The summed E-state index contributed by atoms with van der Waals surface area (Å²) in [5.41, 5.74) is 0. The number of ether oxygens (including phenoxy) is 1. The fourth-order valence-corrected chi connectivity index (χ4v) is 4.37. The second-order valence-electron chi connectivity index (χ2n) is 5.92. The lowest BCUT2D eigenvalue weighted by molar-refractivity contribution is -0.274. The Hall–Kier alpha value is -1.85. The molecule has 7 nitrogen and oxygen atoms in total. The zero-order valence-electron chi connectivity index (χ0n) is 13.7. The van der Waals surface area contributed by atoms with Crippen LogP contribution >= 0.6 is 0 Å². The molecule has 1 aromatic carbocycles. The van der Waals surface area contributed by atoms with Gasteiger partial charge in [0, 0.05) is 19.2 Å². The van der Waals surface area contributed by atoms with E-state index in [9.17, 15) is 26.4 Å². The van der Waals surface area contributed by atoms with Crippen LogP contribution in [-0.4, -0.2) is 56.3 Å². The van der Waals surface area contributed by atoms with E-state index in [-0.39, 0.29) is 30.4 Å². The van der Waals surface area contributed by atoms with Crippen LogP contribution in [0.5, 0.6) is 5.75 Å². The monoisotopic (exact) mass is 396 g/mol. The minimum atomic E-state index is -4.91. The third kappa shape index (κ3) is 5.85. The van der Waals surface area contributed by atoms with Gasteiger partial charge in [-0.2, -0.15) is 4.31 Å². The van der Waals surface area contributed by atoms with Crippen LogP contribution in [0.3, 0.4) is 0 Å². The second kappa shape index (κ2) is 8.23. The molecule has 26 heavy (non-hydrogen) atoms. The van der Waals surface area contributed by atoms with Crippen LogP contribution in [-0.2, 0) is 14.8 Å². The van der Waals surface area contributed by atoms with Gasteiger partial charge in [-0.3, -0.25) is 4.79 Å². The number of carbonyl (C=O) groups is 1. The van der Waals surface area contributed by atoms with Crippen molar-refractivity contribution < 1.29 is 36.2 Å². The molecular weight excluding hydrogens is 377 g/mol. The number of rotatable bonds is 7. The van der Waals surface area contributed by atoms with Gasteiger partial charge in [-0.25, -0.2) is 8.42 Å². The first kappa shape index (κ1) is 20.5. The standard InChI is InChI=1S/C15H19F3N2O5S/c16-15(17,18)25-12-4-1-5-13(7-12)26(23,24)20-6-2-3-11(10-20)8-19-9-14(21)22/h1,4-5,7,11,19H,2-3,6,8-10H2,(H,21,22). The molecule has 11 heteroatoms. The number of nitrogens with one attached hydrogen (secondary N) is 1. The first-order chi connectivity index (χ1) is 12.1. The highest BCUT2D eigenvalue weighted by molar-refractivity contribution is 7.89. The summed E-state index contributed by atoms with van der Waals surface area (Å²) in [7, 11) is -3.97. The van der Waals surface area contributed by atoms with Crippen molar-refractivity contribution in [2.24, 2.45) is 5.92 Å². The van der Waals surface area contributed by atoms with Gasteiger partial charge in [0.05, 0.1) is 11.4 Å². The zero-order chi connectivity index (χ0) is 19.4. The number of alkyl halides is 3. The molecule has 1 unspecified atom stereocenters. The number of carboxylic acid groups (broad SMARTS) is 1. The maximum Gasteiger partial charge on any atom is 0.573 e. The van der Waals surface area contributed by atoms with Crippen molar-refractivity contribution in [3.05, 3.63) is 24.3 Å². The van der Waals surface area contributed by atoms with Crippen molar-refractivity contribution in [3.8, 4) is 5.75 Å². The van der Waals surface area contributed by atoms with Crippen molar-refractivity contribution in [2.45, 2.75) is 24.1 Å². The van der Waals surface area contributed by atoms with E-state index in [0.29, 0.717) is 13.0 Å². The van der Waals surface area contributed by atoms with Gasteiger partial charge in [-0.05, 0) is 37.4 Å². The number of benzene rings is 1. The van der Waals surface area contributed by atoms with E-state index >= 15 is 0 Å². The first-order valence-corrected chi connectivity index (χ1v) is 9.30. The fraction of sp³-hybridized carbons (Fsp3) is 0.533. The Morgan fingerprint density at radius 3 is 2.77 bits per heavy atom. The van der Waals surface area contributed by atoms with Crippen LogP contribution in [0.25, 0.3) is 0 Å². The molecule has 1 aromatic rings. The predicted octanol–water partition coefficient (Wildman–Crippen LogP) is 1.66. The van der Waals surface area contributed by atoms with Crippen molar-refractivity contribution in [1.29, 1.82) is 0 Å². The number of hydrogen-bond donors (Lipinski definition) is 2. The number of hydrogen-bond acceptors (Lipinski definition) is 5. The average Bonchev–Trinajstić information content (AvgIpc) is 2.53. The number of sulfonamides is 1. The highest BCUT2D eigenvalue weighted by atomic mass is 32.2. The van der Waals surface area contributed by atoms with Gasteiger partial charge < -0.3 is 15.2 Å². The van der Waals surface area contributed by atoms with E-state index in [1.54, 1.807) is 0 Å². The molecule has 0 spiro atoms. The summed E-state index contributed by atoms with van der Waals surface area (Å²) in [6.07, 6.45) is -3.60. The van der Waals surface area contributed by atoms with Gasteiger partial charge in [-0.1, -0.05) is 6.07 Å². The SMILES string of the molecule is O=C(O)CNCC1CCCN(S(=O)(=O)c2cccc(OC(F)(F)F)c2)C1. The Labute approximate surface area is 148 Å². The van der Waals surface area contributed by atoms with E-state index in [0.717, 1.165) is 18.6 Å². The van der Waals surface area contributed by atoms with Crippen molar-refractivity contribution in [3.63, 3.8) is 0 Å². The second-order valence-corrected chi connectivity index (χ2v) is 7.86. The minimum absolute atomic E-state index is 0.0764. The lowest BCUT2D eigenvalue weighted by Gasteiger charge is -2.32. The Balaban J connectivity index is 2.09. The number of halogens is 3. The molecule has 1 aliphatic heterocycles. The molecule has 0 bridgehead atoms. The van der Waals surface area contributed by atoms with E-state index in [1.807, 2.05) is 0 Å². The largest absolute Gasteiger partial charge is 0.573 e. The quantitative estimate of drug-likeness (QED) is 0.728. The lowest BCUT2D eigenvalue weighted by atomic mass is 10.00. The zero-order valence-corrected chi connectivity index (χ0v) is 14.5. The Bertz CT molecular complexity index is 739. The topological polar surface area (TPSA) is 95.9 Å². The van der Waals surface area contributed by atoms with Crippen LogP contribution in [0, 0.1) is 5.92 Å². The van der Waals surface area contributed by atoms with Gasteiger partial charge >= 0.3 is 12.3 Å². The first-order valence-electron chi connectivity index (χ1n) is 7.86. The van der Waals surface area contributed by atoms with Gasteiger partial charge in [0.2, 0.25) is 10.0 Å². The van der Waals surface area contributed by atoms with E-state index in [2.05, 4.69) is 10.1 Å². The number of piperidine rings is 1. The summed E-state index contributed by atoms with van der Waals surface area (Å²) >= 11 is 0. The molecule has 146 valence electrons. The number of nitrogens with zero attached hydrogens (tertiary/aromatic N) is 1. The van der Waals surface area contributed by atoms with Crippen LogP contribution in [0.4, 0.5) is 13.2 Å². The van der Waals surface area contributed by atoms with Crippen LogP contribution < -0.4 is 10.1 Å². The van der Waals surface area contributed by atoms with Crippen LogP contribution in [0.1, 0.15) is 12.8 Å². The molecule has 0 aliphatic carbocycles. The normalized spacial score (nSPS) is 19.3. The Morgan fingerprint density at radius 1 is 1.38 bits per heavy atom. The maximum absolute atomic E-state index is 12.7. The number of aliphatic carboxylic acids is 1. The van der Waals surface area contributed by atoms with Gasteiger partial charge in [-0.15, -0.1) is 13.2 Å². The average molecular weight is 396 g/mol. The van der Waals surface area contributed by atoms with Gasteiger partial charge in [0.25, 0.3) is 0 Å². The molecule has 1 heterocycles. The Morgan fingerprint density at radius 2 is 2.12 bits per heavy atom. The molecular formula is C15H19F3N2O5S. The van der Waals surface area contributed by atoms with E-state index in [4.69, 9.17) is 5.11 Å². The molecule has 1 fully saturated rings. The highest BCUT2D eigenvalue weighted by Crippen LogP contribution is 2.28. The molecule has 0 radical (unpaired) electrons. The molecule has 0 saturated carbocycles. The van der Waals surface area contributed by atoms with E-state index in [1.165, 1.54) is 16.4 Å². The van der Waals surface area contributed by atoms with Gasteiger partial charge in [0.15, 0.2) is 0 Å². The molecule has 1 saturated heterocycles. The summed E-state index contributed by atoms with van der Waals surface area (Å²) in [4.78, 5) is 10.2. The summed E-state index contributed by atoms with van der Waals surface area (Å²) in [6.45, 7) is 0.539. The summed E-state index contributed by atoms with van der Waals surface area (Å²) in [6, 6.07) is 4.27. The van der Waals surface area contributed by atoms with Gasteiger partial charge in [0.1, 0.15) is 5.75 Å². The molecule has 0 amide bonds. The minimum Gasteiger partial charge on any atom is -0.480 e. The van der Waals surface area contributed by atoms with E-state index < -0.39 is 28.1 Å².